The lowest BCUT2D eigenvalue weighted by Gasteiger charge is -2.33. The normalized spacial score (nSPS) is 14.5. The molecule has 0 atom stereocenters. The van der Waals surface area contributed by atoms with E-state index in [1.807, 2.05) is 12.1 Å². The summed E-state index contributed by atoms with van der Waals surface area (Å²) in [4.78, 5) is 50.6. The van der Waals surface area contributed by atoms with Gasteiger partial charge in [-0.2, -0.15) is 9.59 Å². The van der Waals surface area contributed by atoms with Gasteiger partial charge in [0.2, 0.25) is 0 Å². The van der Waals surface area contributed by atoms with Crippen molar-refractivity contribution in [1.29, 1.82) is 0 Å². The lowest BCUT2D eigenvalue weighted by atomic mass is 9.77. The highest BCUT2D eigenvalue weighted by molar-refractivity contribution is 9.10. The number of methoxy groups -OCH3 is 3. The zero-order valence-corrected chi connectivity index (χ0v) is 35.3. The predicted octanol–water partition coefficient (Wildman–Crippen LogP) is 2.69. The molecule has 54 heavy (non-hydrogen) atoms. The molecule has 2 aliphatic heterocycles. The van der Waals surface area contributed by atoms with Gasteiger partial charge in [0.05, 0.1) is 27.8 Å². The Bertz CT molecular complexity index is 1710. The van der Waals surface area contributed by atoms with Crippen molar-refractivity contribution in [3.63, 3.8) is 0 Å². The zero-order valence-electron chi connectivity index (χ0n) is 31.3. The lowest BCUT2D eigenvalue weighted by Crippen LogP contribution is -3.00. The third-order valence-corrected chi connectivity index (χ3v) is 9.71. The first-order valence-corrected chi connectivity index (χ1v) is 18.1. The number of carbonyl (C=O) groups is 3. The molecule has 2 fully saturated rings. The Hall–Kier alpha value is -3.72. The molecule has 0 unspecified atom stereocenters. The number of ketones is 1. The number of carbonyl (C=O) groups excluding carboxylic acids is 4. The van der Waals surface area contributed by atoms with Crippen molar-refractivity contribution in [2.24, 2.45) is 11.1 Å². The minimum Gasteiger partial charge on any atom is -1.00 e. The molecule has 2 saturated heterocycles. The molecule has 3 N–H and O–H groups in total. The van der Waals surface area contributed by atoms with Crippen molar-refractivity contribution in [2.75, 3.05) is 47.8 Å². The molecule has 296 valence electrons. The fourth-order valence-corrected chi connectivity index (χ4v) is 6.60. The molecule has 0 aromatic heterocycles. The zero-order chi connectivity index (χ0) is 40.0. The van der Waals surface area contributed by atoms with E-state index in [0.29, 0.717) is 60.4 Å². The van der Waals surface area contributed by atoms with Crippen LogP contribution in [0, 0.1) is 29.1 Å². The Kier molecular flexibility index (Phi) is 24.3. The molecular weight excluding hydrogens is 854 g/mol. The van der Waals surface area contributed by atoms with Crippen LogP contribution in [0.1, 0.15) is 75.1 Å². The number of carboxylic acids is 1. The molecule has 12 nitrogen and oxygen atoms in total. The van der Waals surface area contributed by atoms with E-state index in [4.69, 9.17) is 39.4 Å². The molecule has 2 heterocycles. The summed E-state index contributed by atoms with van der Waals surface area (Å²) in [5.41, 5.74) is 8.21. The van der Waals surface area contributed by atoms with Gasteiger partial charge in [-0.25, -0.2) is 0 Å². The monoisotopic (exact) mass is 898 g/mol. The van der Waals surface area contributed by atoms with Gasteiger partial charge in [-0.1, -0.05) is 50.6 Å². The summed E-state index contributed by atoms with van der Waals surface area (Å²) in [6.07, 6.45) is 4.13. The molecule has 0 aliphatic carbocycles. The van der Waals surface area contributed by atoms with Crippen molar-refractivity contribution in [3.05, 3.63) is 55.5 Å². The standard InChI is InChI=1S/C19H23BrO3.C12H11BrO3.C7H13NO3.CO2.ClH/c1-4-5-14-10-17(20)16(18(11-14)22-3)12-15(21)13-19(2)6-8-23-9-7-19;1-3-4-8-5-10(13)9(7-12(14)15)11(6-8)16-2;1-10-6(9)7(8)2-4-11-5-3-7;2-1-3;/h10-11H,6-9,12-13H2,1-3H3;5-6H,7H2,1-2H3,(H,14,15);2-5,8H2,1H3;;1H/p-1. The molecule has 0 radical (unpaired) electrons. The summed E-state index contributed by atoms with van der Waals surface area (Å²) in [6.45, 7) is 8.32. The number of hydrogen-bond donors (Lipinski definition) is 2. The molecule has 0 saturated carbocycles. The Morgan fingerprint density at radius 3 is 1.57 bits per heavy atom. The molecule has 2 aliphatic rings. The predicted molar refractivity (Wildman–Crippen MR) is 203 cm³/mol. The molecular formula is C39H47Br2ClNO11-. The fourth-order valence-electron chi connectivity index (χ4n) is 5.43. The Labute approximate surface area is 340 Å². The largest absolute Gasteiger partial charge is 1.00 e. The number of benzene rings is 2. The Balaban J connectivity index is 0.000000790. The fraction of sp³-hybridized carbons (Fsp3) is 0.487. The van der Waals surface area contributed by atoms with E-state index in [1.165, 1.54) is 14.2 Å². The number of Topliss-reactive ketones (excluding diaryl/α,β-unsaturated/α-hetero) is 1. The third-order valence-electron chi connectivity index (χ3n) is 8.29. The average Bonchev–Trinajstić information content (AvgIpc) is 3.11. The van der Waals surface area contributed by atoms with Gasteiger partial charge in [-0.05, 0) is 69.2 Å². The quantitative estimate of drug-likeness (QED) is 0.279. The van der Waals surface area contributed by atoms with Gasteiger partial charge < -0.3 is 46.9 Å². The number of esters is 1. The van der Waals surface area contributed by atoms with E-state index in [-0.39, 0.29) is 42.1 Å². The van der Waals surface area contributed by atoms with E-state index >= 15 is 0 Å². The van der Waals surface area contributed by atoms with Gasteiger partial charge in [-0.3, -0.25) is 14.4 Å². The number of halogens is 3. The number of nitrogens with two attached hydrogens (primary N) is 1. The average molecular weight is 901 g/mol. The van der Waals surface area contributed by atoms with E-state index in [9.17, 15) is 14.4 Å². The number of hydrogen-bond acceptors (Lipinski definition) is 11. The highest BCUT2D eigenvalue weighted by Gasteiger charge is 2.36. The Morgan fingerprint density at radius 1 is 0.796 bits per heavy atom. The second-order valence-electron chi connectivity index (χ2n) is 12.3. The number of rotatable bonds is 9. The van der Waals surface area contributed by atoms with Gasteiger partial charge in [-0.15, -0.1) is 11.8 Å². The highest BCUT2D eigenvalue weighted by atomic mass is 79.9. The van der Waals surface area contributed by atoms with E-state index < -0.39 is 11.5 Å². The first kappa shape index (κ1) is 50.3. The van der Waals surface area contributed by atoms with Crippen molar-refractivity contribution < 1.29 is 65.2 Å². The first-order chi connectivity index (χ1) is 25.2. The van der Waals surface area contributed by atoms with Gasteiger partial charge >= 0.3 is 18.1 Å². The van der Waals surface area contributed by atoms with E-state index in [2.05, 4.69) is 67.2 Å². The molecule has 4 rings (SSSR count). The second kappa shape index (κ2) is 26.1. The number of ether oxygens (including phenoxy) is 5. The van der Waals surface area contributed by atoms with Crippen LogP contribution in [0.5, 0.6) is 11.5 Å². The first-order valence-electron chi connectivity index (χ1n) is 16.5. The second-order valence-corrected chi connectivity index (χ2v) is 14.0. The molecule has 15 heteroatoms. The number of carboxylic acid groups (broad SMARTS) is 1. The van der Waals surface area contributed by atoms with Crippen LogP contribution in [-0.2, 0) is 51.0 Å². The van der Waals surface area contributed by atoms with Crippen molar-refractivity contribution in [3.8, 4) is 35.2 Å². The summed E-state index contributed by atoms with van der Waals surface area (Å²) in [7, 11) is 4.49. The Morgan fingerprint density at radius 2 is 1.20 bits per heavy atom. The van der Waals surface area contributed by atoms with Crippen LogP contribution in [0.15, 0.2) is 33.2 Å². The van der Waals surface area contributed by atoms with Gasteiger partial charge in [0.1, 0.15) is 22.8 Å². The molecule has 0 amide bonds. The summed E-state index contributed by atoms with van der Waals surface area (Å²) in [5, 5.41) is 8.78. The van der Waals surface area contributed by atoms with Crippen molar-refractivity contribution in [1.82, 2.24) is 0 Å². The lowest BCUT2D eigenvalue weighted by molar-refractivity contribution is -0.191. The minimum atomic E-state index is -0.895. The van der Waals surface area contributed by atoms with Gasteiger partial charge in [0, 0.05) is 70.5 Å². The van der Waals surface area contributed by atoms with Crippen LogP contribution in [0.2, 0.25) is 0 Å². The van der Waals surface area contributed by atoms with Crippen LogP contribution < -0.4 is 27.6 Å². The molecule has 2 aromatic rings. The highest BCUT2D eigenvalue weighted by Crippen LogP contribution is 2.36. The topological polar surface area (TPSA) is 178 Å². The van der Waals surface area contributed by atoms with Gasteiger partial charge in [0.25, 0.3) is 0 Å². The van der Waals surface area contributed by atoms with Crippen molar-refractivity contribution in [2.45, 2.75) is 71.3 Å². The summed E-state index contributed by atoms with van der Waals surface area (Å²) in [6, 6.07) is 7.36. The van der Waals surface area contributed by atoms with Crippen LogP contribution in [-0.4, -0.2) is 82.3 Å². The maximum Gasteiger partial charge on any atom is 0.373 e. The summed E-state index contributed by atoms with van der Waals surface area (Å²) >= 11 is 6.88. The van der Waals surface area contributed by atoms with E-state index in [1.54, 1.807) is 33.1 Å². The minimum absolute atomic E-state index is 0. The smallest absolute Gasteiger partial charge is 0.373 e. The van der Waals surface area contributed by atoms with Crippen LogP contribution in [0.3, 0.4) is 0 Å². The van der Waals surface area contributed by atoms with Gasteiger partial charge in [0.15, 0.2) is 0 Å². The maximum atomic E-state index is 12.6. The summed E-state index contributed by atoms with van der Waals surface area (Å²) < 4.78 is 27.2. The van der Waals surface area contributed by atoms with Crippen LogP contribution >= 0.6 is 31.9 Å². The third kappa shape index (κ3) is 17.2. The maximum absolute atomic E-state index is 12.6. The molecule has 2 aromatic carbocycles. The van der Waals surface area contributed by atoms with Crippen LogP contribution in [0.4, 0.5) is 0 Å². The van der Waals surface area contributed by atoms with Crippen molar-refractivity contribution >= 4 is 55.7 Å². The van der Waals surface area contributed by atoms with E-state index in [0.717, 1.165) is 47.2 Å². The summed E-state index contributed by atoms with van der Waals surface area (Å²) in [5.74, 6) is 11.8. The molecule has 0 bridgehead atoms. The molecule has 0 spiro atoms. The van der Waals surface area contributed by atoms with Crippen LogP contribution in [0.25, 0.3) is 0 Å². The SMILES string of the molecule is CC#Cc1cc(Br)c(CC(=O)CC2(C)CCOCC2)c(OC)c1.CC#Cc1cc(Br)c(CC(=O)O)c(OC)c1.COC(=O)C1(N)CCOCC1.O=C=O.[Cl-]. The number of aliphatic carboxylic acids is 1.